The molecule has 1 amide bonds. The van der Waals surface area contributed by atoms with Crippen molar-refractivity contribution in [2.75, 3.05) is 31.1 Å². The molecule has 4 rings (SSSR count). The quantitative estimate of drug-likeness (QED) is 0.788. The first-order chi connectivity index (χ1) is 12.5. The molecule has 5 heteroatoms. The fourth-order valence-corrected chi connectivity index (χ4v) is 4.41. The molecule has 1 aromatic heterocycles. The number of hydrogen-bond acceptors (Lipinski definition) is 4. The number of aryl methyl sites for hydroxylation is 1. The Labute approximate surface area is 153 Å². The Bertz CT molecular complexity index is 884. The van der Waals surface area contributed by atoms with Crippen LogP contribution in [0.2, 0.25) is 0 Å². The Morgan fingerprint density at radius 2 is 1.69 bits per heavy atom. The van der Waals surface area contributed by atoms with Crippen molar-refractivity contribution in [3.05, 3.63) is 40.1 Å². The molecule has 1 spiro atoms. The van der Waals surface area contributed by atoms with Gasteiger partial charge in [-0.25, -0.2) is 0 Å². The van der Waals surface area contributed by atoms with E-state index in [2.05, 4.69) is 4.90 Å². The molecule has 0 radical (unpaired) electrons. The van der Waals surface area contributed by atoms with Crippen LogP contribution in [0.4, 0.5) is 5.88 Å². The fraction of sp³-hybridized carbons (Fsp3) is 0.524. The summed E-state index contributed by atoms with van der Waals surface area (Å²) in [6.45, 7) is 7.19. The van der Waals surface area contributed by atoms with Crippen molar-refractivity contribution >= 4 is 22.8 Å². The highest BCUT2D eigenvalue weighted by Gasteiger charge is 2.38. The molecule has 2 aromatic rings. The van der Waals surface area contributed by atoms with Crippen LogP contribution in [-0.2, 0) is 4.79 Å². The second-order valence-electron chi connectivity index (χ2n) is 7.94. The smallest absolute Gasteiger partial charge is 0.219 e. The van der Waals surface area contributed by atoms with Crippen molar-refractivity contribution in [1.29, 1.82) is 0 Å². The minimum atomic E-state index is 0.0278. The van der Waals surface area contributed by atoms with Gasteiger partial charge in [-0.05, 0) is 50.2 Å². The van der Waals surface area contributed by atoms with Gasteiger partial charge in [0.05, 0.1) is 5.39 Å². The van der Waals surface area contributed by atoms with Gasteiger partial charge in [-0.3, -0.25) is 9.59 Å². The number of carbonyl (C=O) groups excluding carboxylic acids is 1. The minimum absolute atomic E-state index is 0.0278. The highest BCUT2D eigenvalue weighted by atomic mass is 16.4. The Kier molecular flexibility index (Phi) is 4.25. The zero-order valence-corrected chi connectivity index (χ0v) is 15.6. The molecule has 2 aliphatic heterocycles. The van der Waals surface area contributed by atoms with Gasteiger partial charge in [-0.2, -0.15) is 0 Å². The third kappa shape index (κ3) is 3.11. The summed E-state index contributed by atoms with van der Waals surface area (Å²) in [5.41, 5.74) is 2.10. The number of anilines is 1. The predicted molar refractivity (Wildman–Crippen MR) is 103 cm³/mol. The van der Waals surface area contributed by atoms with Crippen LogP contribution in [0.1, 0.15) is 38.2 Å². The van der Waals surface area contributed by atoms with E-state index in [4.69, 9.17) is 4.42 Å². The van der Waals surface area contributed by atoms with Gasteiger partial charge in [0.25, 0.3) is 0 Å². The predicted octanol–water partition coefficient (Wildman–Crippen LogP) is 3.33. The second-order valence-corrected chi connectivity index (χ2v) is 7.94. The van der Waals surface area contributed by atoms with Crippen LogP contribution in [0.5, 0.6) is 0 Å². The first kappa shape index (κ1) is 17.1. The van der Waals surface area contributed by atoms with Gasteiger partial charge >= 0.3 is 0 Å². The average molecular weight is 354 g/mol. The van der Waals surface area contributed by atoms with Crippen molar-refractivity contribution in [1.82, 2.24) is 4.90 Å². The Balaban J connectivity index is 1.49. The Morgan fingerprint density at radius 3 is 2.35 bits per heavy atom. The maximum absolute atomic E-state index is 12.5. The summed E-state index contributed by atoms with van der Waals surface area (Å²) in [7, 11) is 0. The first-order valence-electron chi connectivity index (χ1n) is 9.51. The Hall–Kier alpha value is -2.30. The summed E-state index contributed by atoms with van der Waals surface area (Å²) in [6.07, 6.45) is 4.35. The molecule has 138 valence electrons. The van der Waals surface area contributed by atoms with Crippen molar-refractivity contribution in [3.8, 4) is 0 Å². The molecular weight excluding hydrogens is 328 g/mol. The zero-order chi connectivity index (χ0) is 18.3. The SMILES string of the molecule is CC(=O)N1CCC2(CC1)CCN(c1cc(=O)c3cc(C)ccc3o1)CC2. The molecule has 0 aliphatic carbocycles. The lowest BCUT2D eigenvalue weighted by atomic mass is 9.71. The molecule has 2 aliphatic rings. The molecule has 5 nitrogen and oxygen atoms in total. The molecule has 3 heterocycles. The molecule has 0 unspecified atom stereocenters. The molecule has 0 N–H and O–H groups in total. The van der Waals surface area contributed by atoms with Crippen LogP contribution in [0.3, 0.4) is 0 Å². The van der Waals surface area contributed by atoms with E-state index < -0.39 is 0 Å². The highest BCUT2D eigenvalue weighted by Crippen LogP contribution is 2.42. The molecule has 1 aromatic carbocycles. The van der Waals surface area contributed by atoms with E-state index in [1.165, 1.54) is 0 Å². The lowest BCUT2D eigenvalue weighted by Gasteiger charge is -2.46. The summed E-state index contributed by atoms with van der Waals surface area (Å²) in [6, 6.07) is 7.39. The maximum atomic E-state index is 12.5. The van der Waals surface area contributed by atoms with E-state index in [0.717, 1.165) is 57.4 Å². The van der Waals surface area contributed by atoms with Gasteiger partial charge in [-0.1, -0.05) is 11.6 Å². The summed E-state index contributed by atoms with van der Waals surface area (Å²) in [4.78, 5) is 28.2. The monoisotopic (exact) mass is 354 g/mol. The number of likely N-dealkylation sites (tertiary alicyclic amines) is 1. The van der Waals surface area contributed by atoms with Crippen molar-refractivity contribution in [3.63, 3.8) is 0 Å². The van der Waals surface area contributed by atoms with Gasteiger partial charge < -0.3 is 14.2 Å². The fourth-order valence-electron chi connectivity index (χ4n) is 4.41. The lowest BCUT2D eigenvalue weighted by molar-refractivity contribution is -0.131. The van der Waals surface area contributed by atoms with E-state index in [9.17, 15) is 9.59 Å². The summed E-state index contributed by atoms with van der Waals surface area (Å²) in [5, 5.41) is 0.652. The number of hydrogen-bond donors (Lipinski definition) is 0. The van der Waals surface area contributed by atoms with Gasteiger partial charge in [0.15, 0.2) is 11.3 Å². The average Bonchev–Trinajstić information content (AvgIpc) is 2.63. The number of benzene rings is 1. The zero-order valence-electron chi connectivity index (χ0n) is 15.6. The summed E-state index contributed by atoms with van der Waals surface area (Å²) >= 11 is 0. The summed E-state index contributed by atoms with van der Waals surface area (Å²) in [5.74, 6) is 0.868. The second kappa shape index (κ2) is 6.45. The molecule has 2 fully saturated rings. The molecule has 2 saturated heterocycles. The topological polar surface area (TPSA) is 53.8 Å². The molecule has 0 atom stereocenters. The number of nitrogens with zero attached hydrogens (tertiary/aromatic N) is 2. The van der Waals surface area contributed by atoms with E-state index in [0.29, 0.717) is 22.3 Å². The molecule has 0 bridgehead atoms. The van der Waals surface area contributed by atoms with Crippen LogP contribution < -0.4 is 10.3 Å². The van der Waals surface area contributed by atoms with Crippen molar-refractivity contribution in [2.45, 2.75) is 39.5 Å². The van der Waals surface area contributed by atoms with Crippen LogP contribution in [0, 0.1) is 12.3 Å². The minimum Gasteiger partial charge on any atom is -0.440 e. The van der Waals surface area contributed by atoms with Crippen LogP contribution in [0.25, 0.3) is 11.0 Å². The number of fused-ring (bicyclic) bond motifs is 1. The largest absolute Gasteiger partial charge is 0.440 e. The molecular formula is C21H26N2O3. The molecule has 26 heavy (non-hydrogen) atoms. The van der Waals surface area contributed by atoms with E-state index >= 15 is 0 Å². The van der Waals surface area contributed by atoms with Crippen molar-refractivity contribution < 1.29 is 9.21 Å². The standard InChI is InChI=1S/C21H26N2O3/c1-15-3-4-19-17(13-15)18(25)14-20(26-19)23-11-7-21(8-12-23)5-9-22(10-6-21)16(2)24/h3-4,13-14H,5-12H2,1-2H3. The third-order valence-electron chi connectivity index (χ3n) is 6.27. The van der Waals surface area contributed by atoms with E-state index in [-0.39, 0.29) is 11.3 Å². The normalized spacial score (nSPS) is 19.9. The maximum Gasteiger partial charge on any atom is 0.219 e. The van der Waals surface area contributed by atoms with Crippen LogP contribution >= 0.6 is 0 Å². The number of carbonyl (C=O) groups is 1. The first-order valence-corrected chi connectivity index (χ1v) is 9.51. The Morgan fingerprint density at radius 1 is 1.04 bits per heavy atom. The lowest BCUT2D eigenvalue weighted by Crippen LogP contribution is -2.48. The van der Waals surface area contributed by atoms with Gasteiger partial charge in [0, 0.05) is 39.2 Å². The highest BCUT2D eigenvalue weighted by molar-refractivity contribution is 5.78. The van der Waals surface area contributed by atoms with Crippen LogP contribution in [-0.4, -0.2) is 37.0 Å². The van der Waals surface area contributed by atoms with E-state index in [1.54, 1.807) is 13.0 Å². The third-order valence-corrected chi connectivity index (χ3v) is 6.27. The van der Waals surface area contributed by atoms with Gasteiger partial charge in [0.2, 0.25) is 5.91 Å². The summed E-state index contributed by atoms with van der Waals surface area (Å²) < 4.78 is 6.03. The van der Waals surface area contributed by atoms with Gasteiger partial charge in [-0.15, -0.1) is 0 Å². The van der Waals surface area contributed by atoms with Gasteiger partial charge in [0.1, 0.15) is 5.58 Å². The van der Waals surface area contributed by atoms with Crippen molar-refractivity contribution in [2.24, 2.45) is 5.41 Å². The number of rotatable bonds is 1. The van der Waals surface area contributed by atoms with Crippen LogP contribution in [0.15, 0.2) is 33.5 Å². The number of amides is 1. The number of piperidine rings is 2. The van der Waals surface area contributed by atoms with E-state index in [1.807, 2.05) is 30.0 Å². The molecule has 0 saturated carbocycles.